The SMILES string of the molecule is N#CC1(C#N)C[C@]2(O)NC(=O)[C@@]1(C#N)[C@@H](c1ccccc1)[C@H]2Br. The van der Waals surface area contributed by atoms with Crippen LogP contribution in [0.15, 0.2) is 30.3 Å². The van der Waals surface area contributed by atoms with Gasteiger partial charge in [0.15, 0.2) is 16.6 Å². The van der Waals surface area contributed by atoms with Crippen LogP contribution in [0.2, 0.25) is 0 Å². The van der Waals surface area contributed by atoms with Crippen LogP contribution in [-0.4, -0.2) is 21.6 Å². The molecule has 1 aromatic carbocycles. The summed E-state index contributed by atoms with van der Waals surface area (Å²) in [6.45, 7) is 0. The van der Waals surface area contributed by atoms with Crippen LogP contribution in [0.3, 0.4) is 0 Å². The van der Waals surface area contributed by atoms with Crippen LogP contribution in [0, 0.1) is 44.8 Å². The van der Waals surface area contributed by atoms with Crippen molar-refractivity contribution < 1.29 is 9.90 Å². The number of carbonyl (C=O) groups excluding carboxylic acids is 1. The van der Waals surface area contributed by atoms with Gasteiger partial charge >= 0.3 is 0 Å². The van der Waals surface area contributed by atoms with E-state index in [1.54, 1.807) is 30.3 Å². The highest BCUT2D eigenvalue weighted by atomic mass is 79.9. The molecule has 4 rings (SSSR count). The molecule has 1 aromatic rings. The molecule has 6 nitrogen and oxygen atoms in total. The Balaban J connectivity index is 2.36. The van der Waals surface area contributed by atoms with E-state index in [0.29, 0.717) is 5.56 Å². The lowest BCUT2D eigenvalue weighted by atomic mass is 9.47. The average Bonchev–Trinajstić information content (AvgIpc) is 2.56. The Morgan fingerprint density at radius 1 is 1.17 bits per heavy atom. The molecule has 4 atom stereocenters. The molecule has 0 radical (unpaired) electrons. The highest BCUT2D eigenvalue weighted by Gasteiger charge is 2.77. The number of aliphatic hydroxyl groups is 1. The summed E-state index contributed by atoms with van der Waals surface area (Å²) in [5.41, 5.74) is -5.00. The molecule has 1 amide bonds. The van der Waals surface area contributed by atoms with Crippen LogP contribution < -0.4 is 5.32 Å². The van der Waals surface area contributed by atoms with Crippen LogP contribution in [-0.2, 0) is 4.79 Å². The minimum absolute atomic E-state index is 0.328. The summed E-state index contributed by atoms with van der Waals surface area (Å²) in [6.07, 6.45) is -0.328. The average molecular weight is 371 g/mol. The van der Waals surface area contributed by atoms with E-state index in [9.17, 15) is 25.7 Å². The maximum absolute atomic E-state index is 12.7. The summed E-state index contributed by atoms with van der Waals surface area (Å²) in [5.74, 6) is -1.62. The number of fused-ring (bicyclic) bond motifs is 3. The van der Waals surface area contributed by atoms with E-state index >= 15 is 0 Å². The maximum Gasteiger partial charge on any atom is 0.246 e. The number of halogens is 1. The summed E-state index contributed by atoms with van der Waals surface area (Å²) in [4.78, 5) is 12.0. The number of nitriles is 3. The zero-order valence-electron chi connectivity index (χ0n) is 11.8. The fraction of sp³-hybridized carbons (Fsp3) is 0.375. The third-order valence-corrected chi connectivity index (χ3v) is 6.11. The molecule has 2 heterocycles. The molecule has 7 heteroatoms. The third-order valence-electron chi connectivity index (χ3n) is 4.83. The van der Waals surface area contributed by atoms with Crippen LogP contribution in [0.4, 0.5) is 0 Å². The predicted octanol–water partition coefficient (Wildman–Crippen LogP) is 1.30. The van der Waals surface area contributed by atoms with Gasteiger partial charge in [-0.1, -0.05) is 46.3 Å². The molecule has 2 bridgehead atoms. The molecule has 114 valence electrons. The number of alkyl halides is 1. The van der Waals surface area contributed by atoms with Gasteiger partial charge in [0.25, 0.3) is 0 Å². The van der Waals surface area contributed by atoms with Gasteiger partial charge < -0.3 is 10.4 Å². The number of benzene rings is 1. The number of nitrogens with one attached hydrogen (secondary N) is 1. The molecular weight excluding hydrogens is 360 g/mol. The molecule has 3 fully saturated rings. The smallest absolute Gasteiger partial charge is 0.246 e. The molecule has 3 aliphatic rings. The second-order valence-electron chi connectivity index (χ2n) is 5.89. The molecule has 2 saturated heterocycles. The third kappa shape index (κ3) is 1.65. The second kappa shape index (κ2) is 4.80. The standard InChI is InChI=1S/C16H11BrN4O2/c17-12-11(10-4-2-1-3-5-10)15(9-20)13(22)21-16(12,23)6-14(15,7-18)8-19/h1-5,11-12,23H,6H2,(H,21,22)/t11-,12+,15+,16+/m0/s1. The first-order chi connectivity index (χ1) is 10.9. The van der Waals surface area contributed by atoms with Gasteiger partial charge in [-0.25, -0.2) is 0 Å². The topological polar surface area (TPSA) is 121 Å². The summed E-state index contributed by atoms with van der Waals surface area (Å²) < 4.78 is 0. The monoisotopic (exact) mass is 370 g/mol. The second-order valence-corrected chi connectivity index (χ2v) is 6.88. The first-order valence-corrected chi connectivity index (χ1v) is 7.80. The quantitative estimate of drug-likeness (QED) is 0.721. The van der Waals surface area contributed by atoms with E-state index in [0.717, 1.165) is 0 Å². The minimum atomic E-state index is -1.93. The van der Waals surface area contributed by atoms with Crippen molar-refractivity contribution in [1.29, 1.82) is 15.8 Å². The summed E-state index contributed by atoms with van der Waals surface area (Å²) in [6, 6.07) is 14.3. The Bertz CT molecular complexity index is 792. The van der Waals surface area contributed by atoms with E-state index in [-0.39, 0.29) is 6.42 Å². The van der Waals surface area contributed by atoms with Crippen LogP contribution in [0.1, 0.15) is 17.9 Å². The number of nitrogens with zero attached hydrogens (tertiary/aromatic N) is 3. The Morgan fingerprint density at radius 3 is 2.30 bits per heavy atom. The van der Waals surface area contributed by atoms with Crippen molar-refractivity contribution in [3.05, 3.63) is 35.9 Å². The zero-order valence-corrected chi connectivity index (χ0v) is 13.4. The number of piperidine rings is 2. The van der Waals surface area contributed by atoms with E-state index in [1.807, 2.05) is 18.2 Å². The summed E-state index contributed by atoms with van der Waals surface area (Å²) in [5, 5.41) is 42.3. The maximum atomic E-state index is 12.7. The summed E-state index contributed by atoms with van der Waals surface area (Å²) in [7, 11) is 0. The first-order valence-electron chi connectivity index (χ1n) is 6.88. The van der Waals surface area contributed by atoms with Gasteiger partial charge in [0.1, 0.15) is 0 Å². The van der Waals surface area contributed by atoms with Gasteiger partial charge in [-0.3, -0.25) is 4.79 Å². The molecule has 0 unspecified atom stereocenters. The Kier molecular flexibility index (Phi) is 3.23. The van der Waals surface area contributed by atoms with Crippen molar-refractivity contribution in [2.75, 3.05) is 0 Å². The van der Waals surface area contributed by atoms with Crippen molar-refractivity contribution in [3.8, 4) is 18.2 Å². The molecular formula is C16H11BrN4O2. The van der Waals surface area contributed by atoms with Crippen LogP contribution in [0.5, 0.6) is 0 Å². The lowest BCUT2D eigenvalue weighted by molar-refractivity contribution is -0.172. The van der Waals surface area contributed by atoms with Gasteiger partial charge in [-0.2, -0.15) is 15.8 Å². The van der Waals surface area contributed by atoms with Crippen LogP contribution in [0.25, 0.3) is 0 Å². The largest absolute Gasteiger partial charge is 0.370 e. The van der Waals surface area contributed by atoms with Crippen molar-refractivity contribution in [3.63, 3.8) is 0 Å². The van der Waals surface area contributed by atoms with E-state index in [2.05, 4.69) is 21.2 Å². The van der Waals surface area contributed by atoms with Crippen molar-refractivity contribution in [1.82, 2.24) is 5.32 Å². The van der Waals surface area contributed by atoms with Gasteiger partial charge in [-0.15, -0.1) is 0 Å². The first kappa shape index (κ1) is 15.5. The molecule has 1 aliphatic carbocycles. The molecule has 1 saturated carbocycles. The Hall–Kier alpha value is -2.40. The van der Waals surface area contributed by atoms with Gasteiger partial charge in [0.05, 0.1) is 23.0 Å². The number of hydrogen-bond acceptors (Lipinski definition) is 5. The molecule has 0 aromatic heterocycles. The number of hydrogen-bond donors (Lipinski definition) is 2. The molecule has 2 N–H and O–H groups in total. The van der Waals surface area contributed by atoms with Gasteiger partial charge in [-0.05, 0) is 5.56 Å². The minimum Gasteiger partial charge on any atom is -0.370 e. The normalized spacial score (nSPS) is 37.1. The highest BCUT2D eigenvalue weighted by Crippen LogP contribution is 2.64. The van der Waals surface area contributed by atoms with E-state index < -0.39 is 33.2 Å². The van der Waals surface area contributed by atoms with Gasteiger partial charge in [0, 0.05) is 12.3 Å². The van der Waals surface area contributed by atoms with Gasteiger partial charge in [0.2, 0.25) is 5.91 Å². The number of amides is 1. The predicted molar refractivity (Wildman–Crippen MR) is 81.3 cm³/mol. The fourth-order valence-corrected chi connectivity index (χ4v) is 4.70. The molecule has 23 heavy (non-hydrogen) atoms. The van der Waals surface area contributed by atoms with Crippen molar-refractivity contribution in [2.45, 2.75) is 22.9 Å². The number of rotatable bonds is 1. The zero-order chi connectivity index (χ0) is 16.9. The number of carbonyl (C=O) groups is 1. The lowest BCUT2D eigenvalue weighted by Crippen LogP contribution is -2.77. The molecule has 0 spiro atoms. The Labute approximate surface area is 141 Å². The fourth-order valence-electron chi connectivity index (χ4n) is 3.72. The van der Waals surface area contributed by atoms with Crippen LogP contribution >= 0.6 is 15.9 Å². The lowest BCUT2D eigenvalue weighted by Gasteiger charge is -2.59. The summed E-state index contributed by atoms with van der Waals surface area (Å²) >= 11 is 3.38. The Morgan fingerprint density at radius 2 is 1.78 bits per heavy atom. The van der Waals surface area contributed by atoms with E-state index in [4.69, 9.17) is 0 Å². The van der Waals surface area contributed by atoms with Crippen molar-refractivity contribution in [2.24, 2.45) is 10.8 Å². The van der Waals surface area contributed by atoms with E-state index in [1.165, 1.54) is 0 Å². The molecule has 2 aliphatic heterocycles. The van der Waals surface area contributed by atoms with Crippen molar-refractivity contribution >= 4 is 21.8 Å². The highest BCUT2D eigenvalue weighted by molar-refractivity contribution is 9.09.